The molecule has 0 radical (unpaired) electrons. The fourth-order valence-corrected chi connectivity index (χ4v) is 1.25. The molecule has 1 rings (SSSR count). The van der Waals surface area contributed by atoms with E-state index in [1.165, 1.54) is 6.07 Å². The molecule has 0 saturated carbocycles. The monoisotopic (exact) mass is 245 g/mol. The first-order chi connectivity index (χ1) is 5.88. The lowest BCUT2D eigenvalue weighted by atomic mass is 10.1. The summed E-state index contributed by atoms with van der Waals surface area (Å²) in [5, 5.41) is 3.19. The number of hydrogen-bond acceptors (Lipinski definition) is 1. The molecule has 0 spiro atoms. The highest BCUT2D eigenvalue weighted by Crippen LogP contribution is 2.21. The summed E-state index contributed by atoms with van der Waals surface area (Å²) in [4.78, 5) is 0. The van der Waals surface area contributed by atoms with Crippen molar-refractivity contribution >= 4 is 21.6 Å². The van der Waals surface area contributed by atoms with E-state index in [0.717, 1.165) is 5.69 Å². The van der Waals surface area contributed by atoms with Gasteiger partial charge < -0.3 is 5.32 Å². The first kappa shape index (κ1) is 10.5. The van der Waals surface area contributed by atoms with E-state index in [1.54, 1.807) is 6.07 Å². The summed E-state index contributed by atoms with van der Waals surface area (Å²) in [6, 6.07) is 5.02. The largest absolute Gasteiger partial charge is 0.380 e. The Morgan fingerprint density at radius 1 is 1.31 bits per heavy atom. The number of benzene rings is 1. The van der Waals surface area contributed by atoms with E-state index in [-0.39, 0.29) is 11.4 Å². The van der Waals surface area contributed by atoms with Crippen molar-refractivity contribution in [3.63, 3.8) is 0 Å². The predicted molar refractivity (Wildman–Crippen MR) is 57.5 cm³/mol. The first-order valence-corrected chi connectivity index (χ1v) is 4.91. The van der Waals surface area contributed by atoms with Crippen molar-refractivity contribution in [1.29, 1.82) is 0 Å². The van der Waals surface area contributed by atoms with Crippen LogP contribution in [0.2, 0.25) is 0 Å². The normalized spacial score (nSPS) is 11.5. The van der Waals surface area contributed by atoms with Gasteiger partial charge in [-0.1, -0.05) is 0 Å². The topological polar surface area (TPSA) is 12.0 Å². The molecule has 72 valence electrons. The van der Waals surface area contributed by atoms with Gasteiger partial charge in [-0.15, -0.1) is 0 Å². The Morgan fingerprint density at radius 2 is 1.92 bits per heavy atom. The molecule has 0 heterocycles. The van der Waals surface area contributed by atoms with Crippen LogP contribution in [-0.4, -0.2) is 5.54 Å². The first-order valence-electron chi connectivity index (χ1n) is 4.12. The summed E-state index contributed by atoms with van der Waals surface area (Å²) in [6.45, 7) is 6.10. The second-order valence-corrected chi connectivity index (χ2v) is 4.86. The molecule has 0 aliphatic carbocycles. The van der Waals surface area contributed by atoms with Crippen LogP contribution in [0.3, 0.4) is 0 Å². The van der Waals surface area contributed by atoms with E-state index in [9.17, 15) is 4.39 Å². The molecule has 0 saturated heterocycles. The van der Waals surface area contributed by atoms with Crippen LogP contribution in [-0.2, 0) is 0 Å². The van der Waals surface area contributed by atoms with Gasteiger partial charge in [0, 0.05) is 11.2 Å². The van der Waals surface area contributed by atoms with E-state index < -0.39 is 0 Å². The summed E-state index contributed by atoms with van der Waals surface area (Å²) >= 11 is 3.11. The smallest absolute Gasteiger partial charge is 0.139 e. The Bertz CT molecular complexity index is 304. The lowest BCUT2D eigenvalue weighted by molar-refractivity contribution is 0.614. The third-order valence-corrected chi connectivity index (χ3v) is 2.08. The number of halogens is 2. The third kappa shape index (κ3) is 3.35. The second kappa shape index (κ2) is 3.66. The lowest BCUT2D eigenvalue weighted by Crippen LogP contribution is -2.25. The zero-order chi connectivity index (χ0) is 10.1. The standard InChI is InChI=1S/C10H13BrFN/c1-10(2,3)13-7-4-5-8(11)9(12)6-7/h4-6,13H,1-3H3. The molecule has 1 aromatic rings. The van der Waals surface area contributed by atoms with Gasteiger partial charge in [0.2, 0.25) is 0 Å². The molecule has 0 aliphatic rings. The van der Waals surface area contributed by atoms with Crippen molar-refractivity contribution in [2.24, 2.45) is 0 Å². The molecule has 0 atom stereocenters. The zero-order valence-corrected chi connectivity index (χ0v) is 9.57. The number of hydrogen-bond donors (Lipinski definition) is 1. The zero-order valence-electron chi connectivity index (χ0n) is 7.99. The van der Waals surface area contributed by atoms with Crippen molar-refractivity contribution in [3.8, 4) is 0 Å². The minimum Gasteiger partial charge on any atom is -0.380 e. The van der Waals surface area contributed by atoms with Crippen LogP contribution < -0.4 is 5.32 Å². The molecular formula is C10H13BrFN. The average Bonchev–Trinajstić information content (AvgIpc) is 1.94. The van der Waals surface area contributed by atoms with Crippen LogP contribution >= 0.6 is 15.9 Å². The molecule has 0 amide bonds. The number of rotatable bonds is 1. The van der Waals surface area contributed by atoms with Gasteiger partial charge in [0.1, 0.15) is 5.82 Å². The SMILES string of the molecule is CC(C)(C)Nc1ccc(Br)c(F)c1. The molecule has 1 aromatic carbocycles. The van der Waals surface area contributed by atoms with Crippen LogP contribution in [0.25, 0.3) is 0 Å². The molecule has 1 N–H and O–H groups in total. The van der Waals surface area contributed by atoms with Gasteiger partial charge in [0.05, 0.1) is 4.47 Å². The van der Waals surface area contributed by atoms with Gasteiger partial charge in [-0.3, -0.25) is 0 Å². The maximum absolute atomic E-state index is 13.1. The highest BCUT2D eigenvalue weighted by atomic mass is 79.9. The van der Waals surface area contributed by atoms with E-state index in [1.807, 2.05) is 26.8 Å². The molecule has 0 aromatic heterocycles. The van der Waals surface area contributed by atoms with Crippen molar-refractivity contribution in [3.05, 3.63) is 28.5 Å². The van der Waals surface area contributed by atoms with Gasteiger partial charge in [0.15, 0.2) is 0 Å². The van der Waals surface area contributed by atoms with Gasteiger partial charge in [0.25, 0.3) is 0 Å². The molecule has 0 unspecified atom stereocenters. The van der Waals surface area contributed by atoms with Crippen molar-refractivity contribution in [2.45, 2.75) is 26.3 Å². The van der Waals surface area contributed by atoms with Gasteiger partial charge in [-0.2, -0.15) is 0 Å². The maximum atomic E-state index is 13.1. The van der Waals surface area contributed by atoms with E-state index >= 15 is 0 Å². The maximum Gasteiger partial charge on any atom is 0.139 e. The third-order valence-electron chi connectivity index (χ3n) is 1.44. The summed E-state index contributed by atoms with van der Waals surface area (Å²) in [5.74, 6) is -0.241. The molecule has 13 heavy (non-hydrogen) atoms. The number of nitrogens with one attached hydrogen (secondary N) is 1. The summed E-state index contributed by atoms with van der Waals surface area (Å²) < 4.78 is 13.6. The highest BCUT2D eigenvalue weighted by molar-refractivity contribution is 9.10. The lowest BCUT2D eigenvalue weighted by Gasteiger charge is -2.22. The van der Waals surface area contributed by atoms with E-state index in [4.69, 9.17) is 0 Å². The fraction of sp³-hybridized carbons (Fsp3) is 0.400. The molecule has 0 fully saturated rings. The average molecular weight is 246 g/mol. The minimum atomic E-state index is -0.241. The van der Waals surface area contributed by atoms with Crippen LogP contribution in [0, 0.1) is 5.82 Å². The summed E-state index contributed by atoms with van der Waals surface area (Å²) in [5.41, 5.74) is 0.758. The molecule has 3 heteroatoms. The number of anilines is 1. The molecule has 1 nitrogen and oxygen atoms in total. The van der Waals surface area contributed by atoms with Crippen LogP contribution in [0.5, 0.6) is 0 Å². The van der Waals surface area contributed by atoms with E-state index in [0.29, 0.717) is 4.47 Å². The Hall–Kier alpha value is -0.570. The Balaban J connectivity index is 2.86. The van der Waals surface area contributed by atoms with Crippen LogP contribution in [0.15, 0.2) is 22.7 Å². The van der Waals surface area contributed by atoms with Crippen molar-refractivity contribution in [1.82, 2.24) is 0 Å². The predicted octanol–water partition coefficient (Wildman–Crippen LogP) is 3.80. The summed E-state index contributed by atoms with van der Waals surface area (Å²) in [6.07, 6.45) is 0. The van der Waals surface area contributed by atoms with Crippen molar-refractivity contribution < 1.29 is 4.39 Å². The Labute approximate surface area is 86.5 Å². The summed E-state index contributed by atoms with van der Waals surface area (Å²) in [7, 11) is 0. The molecule has 0 bridgehead atoms. The van der Waals surface area contributed by atoms with Crippen molar-refractivity contribution in [2.75, 3.05) is 5.32 Å². The van der Waals surface area contributed by atoms with Gasteiger partial charge in [-0.25, -0.2) is 4.39 Å². The molecular weight excluding hydrogens is 233 g/mol. The van der Waals surface area contributed by atoms with Gasteiger partial charge >= 0.3 is 0 Å². The van der Waals surface area contributed by atoms with Crippen LogP contribution in [0.4, 0.5) is 10.1 Å². The fourth-order valence-electron chi connectivity index (χ4n) is 1.01. The Kier molecular flexibility index (Phi) is 2.96. The quantitative estimate of drug-likeness (QED) is 0.794. The van der Waals surface area contributed by atoms with Crippen LogP contribution in [0.1, 0.15) is 20.8 Å². The van der Waals surface area contributed by atoms with E-state index in [2.05, 4.69) is 21.2 Å². The second-order valence-electron chi connectivity index (χ2n) is 4.00. The minimum absolute atomic E-state index is 0.0414. The Morgan fingerprint density at radius 3 is 2.38 bits per heavy atom. The highest BCUT2D eigenvalue weighted by Gasteiger charge is 2.09. The van der Waals surface area contributed by atoms with Gasteiger partial charge in [-0.05, 0) is 54.9 Å². The molecule has 0 aliphatic heterocycles.